The SMILES string of the molecule is C=CCO[C@H](C)C(=O)N1CCCC[C@H]1Cn1cc(C)cn1. The highest BCUT2D eigenvalue weighted by Crippen LogP contribution is 2.20. The number of likely N-dealkylation sites (tertiary alicyclic amines) is 1. The van der Waals surface area contributed by atoms with Crippen LogP contribution in [0.2, 0.25) is 0 Å². The molecule has 1 aliphatic heterocycles. The van der Waals surface area contributed by atoms with E-state index in [1.54, 1.807) is 6.08 Å². The Morgan fingerprint density at radius 2 is 2.43 bits per heavy atom. The summed E-state index contributed by atoms with van der Waals surface area (Å²) >= 11 is 0. The molecule has 0 N–H and O–H groups in total. The number of nitrogens with zero attached hydrogens (tertiary/aromatic N) is 3. The van der Waals surface area contributed by atoms with Crippen molar-refractivity contribution in [3.05, 3.63) is 30.6 Å². The summed E-state index contributed by atoms with van der Waals surface area (Å²) in [6, 6.07) is 0.209. The molecule has 1 fully saturated rings. The summed E-state index contributed by atoms with van der Waals surface area (Å²) in [6.45, 7) is 9.43. The van der Waals surface area contributed by atoms with E-state index in [0.717, 1.165) is 37.9 Å². The van der Waals surface area contributed by atoms with Gasteiger partial charge in [0.2, 0.25) is 0 Å². The van der Waals surface area contributed by atoms with Gasteiger partial charge in [0.25, 0.3) is 5.91 Å². The smallest absolute Gasteiger partial charge is 0.251 e. The maximum Gasteiger partial charge on any atom is 0.251 e. The van der Waals surface area contributed by atoms with Crippen LogP contribution in [0.15, 0.2) is 25.0 Å². The third-order valence-electron chi connectivity index (χ3n) is 3.88. The number of aromatic nitrogens is 2. The van der Waals surface area contributed by atoms with Crippen LogP contribution in [0, 0.1) is 6.92 Å². The quantitative estimate of drug-likeness (QED) is 0.755. The van der Waals surface area contributed by atoms with Gasteiger partial charge in [-0.1, -0.05) is 6.08 Å². The number of carbonyl (C=O) groups is 1. The Bertz CT molecular complexity index is 484. The summed E-state index contributed by atoms with van der Waals surface area (Å²) in [5.74, 6) is 0.0745. The van der Waals surface area contributed by atoms with E-state index in [2.05, 4.69) is 11.7 Å². The fraction of sp³-hybridized carbons (Fsp3) is 0.625. The maximum atomic E-state index is 12.5. The van der Waals surface area contributed by atoms with Crippen LogP contribution in [-0.2, 0) is 16.1 Å². The first-order valence-corrected chi connectivity index (χ1v) is 7.64. The molecule has 1 aliphatic rings. The number of hydrogen-bond donors (Lipinski definition) is 0. The molecule has 0 unspecified atom stereocenters. The summed E-state index contributed by atoms with van der Waals surface area (Å²) in [7, 11) is 0. The van der Waals surface area contributed by atoms with Gasteiger partial charge in [-0.2, -0.15) is 5.10 Å². The molecule has 0 aliphatic carbocycles. The molecule has 1 aromatic rings. The maximum absolute atomic E-state index is 12.5. The van der Waals surface area contributed by atoms with Crippen LogP contribution in [0.4, 0.5) is 0 Å². The molecule has 0 radical (unpaired) electrons. The normalized spacial score (nSPS) is 20.3. The Balaban J connectivity index is 2.00. The Morgan fingerprint density at radius 1 is 1.62 bits per heavy atom. The zero-order valence-corrected chi connectivity index (χ0v) is 13.0. The van der Waals surface area contributed by atoms with Crippen molar-refractivity contribution < 1.29 is 9.53 Å². The number of amides is 1. The molecule has 0 spiro atoms. The molecule has 0 aromatic carbocycles. The van der Waals surface area contributed by atoms with E-state index in [4.69, 9.17) is 4.74 Å². The van der Waals surface area contributed by atoms with Crippen molar-refractivity contribution in [2.75, 3.05) is 13.2 Å². The number of carbonyl (C=O) groups excluding carboxylic acids is 1. The number of hydrogen-bond acceptors (Lipinski definition) is 3. The second-order valence-corrected chi connectivity index (χ2v) is 5.69. The molecule has 2 heterocycles. The highest BCUT2D eigenvalue weighted by molar-refractivity contribution is 5.81. The Labute approximate surface area is 126 Å². The van der Waals surface area contributed by atoms with Gasteiger partial charge in [-0.05, 0) is 38.7 Å². The number of ether oxygens (including phenoxy) is 1. The minimum atomic E-state index is -0.414. The molecular formula is C16H25N3O2. The zero-order valence-electron chi connectivity index (χ0n) is 13.0. The van der Waals surface area contributed by atoms with Crippen LogP contribution in [0.5, 0.6) is 0 Å². The van der Waals surface area contributed by atoms with Gasteiger partial charge in [0.1, 0.15) is 6.10 Å². The molecule has 5 nitrogen and oxygen atoms in total. The lowest BCUT2D eigenvalue weighted by molar-refractivity contribution is -0.146. The van der Waals surface area contributed by atoms with E-state index < -0.39 is 6.10 Å². The van der Waals surface area contributed by atoms with Gasteiger partial charge in [-0.25, -0.2) is 0 Å². The zero-order chi connectivity index (χ0) is 15.2. The van der Waals surface area contributed by atoms with Crippen LogP contribution in [0.25, 0.3) is 0 Å². The molecule has 2 atom stereocenters. The molecule has 0 bridgehead atoms. The van der Waals surface area contributed by atoms with Crippen molar-refractivity contribution in [2.45, 2.75) is 51.8 Å². The molecule has 1 amide bonds. The van der Waals surface area contributed by atoms with Crippen molar-refractivity contribution in [2.24, 2.45) is 0 Å². The van der Waals surface area contributed by atoms with Crippen LogP contribution < -0.4 is 0 Å². The van der Waals surface area contributed by atoms with Gasteiger partial charge < -0.3 is 9.64 Å². The lowest BCUT2D eigenvalue weighted by Crippen LogP contribution is -2.49. The molecule has 1 aromatic heterocycles. The Kier molecular flexibility index (Phi) is 5.56. The molecule has 21 heavy (non-hydrogen) atoms. The van der Waals surface area contributed by atoms with Crippen molar-refractivity contribution in [1.82, 2.24) is 14.7 Å². The minimum Gasteiger partial charge on any atom is -0.365 e. The number of aryl methyl sites for hydroxylation is 1. The van der Waals surface area contributed by atoms with Gasteiger partial charge in [-0.15, -0.1) is 6.58 Å². The fourth-order valence-electron chi connectivity index (χ4n) is 2.78. The minimum absolute atomic E-state index is 0.0745. The van der Waals surface area contributed by atoms with Crippen LogP contribution in [0.3, 0.4) is 0 Å². The van der Waals surface area contributed by atoms with Crippen LogP contribution >= 0.6 is 0 Å². The molecule has 2 rings (SSSR count). The highest BCUT2D eigenvalue weighted by atomic mass is 16.5. The largest absolute Gasteiger partial charge is 0.365 e. The fourth-order valence-corrected chi connectivity index (χ4v) is 2.78. The monoisotopic (exact) mass is 291 g/mol. The first kappa shape index (κ1) is 15.8. The average Bonchev–Trinajstić information content (AvgIpc) is 2.89. The molecule has 116 valence electrons. The lowest BCUT2D eigenvalue weighted by atomic mass is 10.0. The van der Waals surface area contributed by atoms with E-state index in [1.807, 2.05) is 35.8 Å². The van der Waals surface area contributed by atoms with E-state index >= 15 is 0 Å². The molecule has 0 saturated carbocycles. The Morgan fingerprint density at radius 3 is 3.10 bits per heavy atom. The Hall–Kier alpha value is -1.62. The van der Waals surface area contributed by atoms with Gasteiger partial charge in [-0.3, -0.25) is 9.48 Å². The van der Waals surface area contributed by atoms with Crippen LogP contribution in [0.1, 0.15) is 31.7 Å². The first-order chi connectivity index (χ1) is 10.1. The van der Waals surface area contributed by atoms with Gasteiger partial charge in [0.15, 0.2) is 0 Å². The first-order valence-electron chi connectivity index (χ1n) is 7.64. The summed E-state index contributed by atoms with van der Waals surface area (Å²) in [5, 5.41) is 4.33. The highest BCUT2D eigenvalue weighted by Gasteiger charge is 2.30. The van der Waals surface area contributed by atoms with Crippen molar-refractivity contribution in [1.29, 1.82) is 0 Å². The van der Waals surface area contributed by atoms with Crippen molar-refractivity contribution >= 4 is 5.91 Å². The second-order valence-electron chi connectivity index (χ2n) is 5.69. The lowest BCUT2D eigenvalue weighted by Gasteiger charge is -2.37. The molecular weight excluding hydrogens is 266 g/mol. The van der Waals surface area contributed by atoms with E-state index in [-0.39, 0.29) is 11.9 Å². The van der Waals surface area contributed by atoms with Gasteiger partial charge in [0, 0.05) is 12.7 Å². The van der Waals surface area contributed by atoms with E-state index in [9.17, 15) is 4.79 Å². The van der Waals surface area contributed by atoms with Crippen LogP contribution in [-0.4, -0.2) is 45.9 Å². The topological polar surface area (TPSA) is 47.4 Å². The van der Waals surface area contributed by atoms with Gasteiger partial charge >= 0.3 is 0 Å². The summed E-state index contributed by atoms with van der Waals surface area (Å²) < 4.78 is 7.41. The standard InChI is InChI=1S/C16H25N3O2/c1-4-9-21-14(3)16(20)19-8-6-5-7-15(19)12-18-11-13(2)10-17-18/h4,10-11,14-15H,1,5-9,12H2,2-3H3/t14-,15+/m1/s1. The van der Waals surface area contributed by atoms with E-state index in [0.29, 0.717) is 6.61 Å². The average molecular weight is 291 g/mol. The molecule has 5 heteroatoms. The summed E-state index contributed by atoms with van der Waals surface area (Å²) in [6.07, 6.45) is 8.39. The number of rotatable bonds is 6. The van der Waals surface area contributed by atoms with E-state index in [1.165, 1.54) is 0 Å². The third kappa shape index (κ3) is 4.17. The predicted octanol–water partition coefficient (Wildman–Crippen LogP) is 2.16. The van der Waals surface area contributed by atoms with Crippen molar-refractivity contribution in [3.8, 4) is 0 Å². The number of piperidine rings is 1. The molecule has 1 saturated heterocycles. The predicted molar refractivity (Wildman–Crippen MR) is 81.9 cm³/mol. The van der Waals surface area contributed by atoms with Gasteiger partial charge in [0.05, 0.1) is 25.4 Å². The summed E-state index contributed by atoms with van der Waals surface area (Å²) in [5.41, 5.74) is 1.14. The van der Waals surface area contributed by atoms with Crippen molar-refractivity contribution in [3.63, 3.8) is 0 Å². The second kappa shape index (κ2) is 7.41. The third-order valence-corrected chi connectivity index (χ3v) is 3.88. The summed E-state index contributed by atoms with van der Waals surface area (Å²) in [4.78, 5) is 14.5.